The van der Waals surface area contributed by atoms with Gasteiger partial charge in [0.05, 0.1) is 6.61 Å². The van der Waals surface area contributed by atoms with Gasteiger partial charge in [0, 0.05) is 4.43 Å². The molecule has 0 aromatic heterocycles. The molecule has 1 aromatic rings. The second-order valence-corrected chi connectivity index (χ2v) is 3.91. The van der Waals surface area contributed by atoms with Crippen molar-refractivity contribution in [3.05, 3.63) is 29.8 Å². The summed E-state index contributed by atoms with van der Waals surface area (Å²) < 4.78 is 6.74. The van der Waals surface area contributed by atoms with Gasteiger partial charge in [0.25, 0.3) is 0 Å². The summed E-state index contributed by atoms with van der Waals surface area (Å²) >= 11 is 2.45. The number of alkyl halides is 1. The summed E-state index contributed by atoms with van der Waals surface area (Å²) in [5.41, 5.74) is 1.39. The molecule has 0 unspecified atom stereocenters. The van der Waals surface area contributed by atoms with E-state index >= 15 is 0 Å². The molecule has 1 aromatic carbocycles. The van der Waals surface area contributed by atoms with Crippen molar-refractivity contribution in [3.8, 4) is 5.75 Å². The van der Waals surface area contributed by atoms with Crippen molar-refractivity contribution in [3.63, 3.8) is 0 Å². The number of para-hydroxylation sites is 1. The minimum absolute atomic E-state index is 0.704. The van der Waals surface area contributed by atoms with Gasteiger partial charge in [-0.15, -0.1) is 0 Å². The van der Waals surface area contributed by atoms with Crippen molar-refractivity contribution in [1.29, 1.82) is 0 Å². The van der Waals surface area contributed by atoms with Crippen LogP contribution in [-0.4, -0.2) is 11.0 Å². The Morgan fingerprint density at radius 1 is 1.42 bits per heavy atom. The quantitative estimate of drug-likeness (QED) is 0.565. The molecule has 1 heterocycles. The number of halogens is 1. The van der Waals surface area contributed by atoms with Crippen molar-refractivity contribution in [1.82, 2.24) is 0 Å². The van der Waals surface area contributed by atoms with Gasteiger partial charge >= 0.3 is 0 Å². The van der Waals surface area contributed by atoms with E-state index in [9.17, 15) is 0 Å². The lowest BCUT2D eigenvalue weighted by Gasteiger charge is -2.23. The van der Waals surface area contributed by atoms with Gasteiger partial charge in [0.2, 0.25) is 0 Å². The molecule has 0 radical (unpaired) electrons. The van der Waals surface area contributed by atoms with Crippen LogP contribution in [0.4, 0.5) is 0 Å². The Morgan fingerprint density at radius 3 is 3.08 bits per heavy atom. The molecule has 2 rings (SSSR count). The molecule has 64 valence electrons. The van der Waals surface area contributed by atoms with E-state index < -0.39 is 0 Å². The van der Waals surface area contributed by atoms with E-state index in [0.717, 1.165) is 12.4 Å². The fraction of sp³-hybridized carbons (Fsp3) is 0.400. The summed E-state index contributed by atoms with van der Waals surface area (Å²) in [6.07, 6.45) is 1.17. The zero-order chi connectivity index (χ0) is 8.39. The van der Waals surface area contributed by atoms with Gasteiger partial charge in [0.1, 0.15) is 5.75 Å². The molecule has 1 atom stereocenters. The molecule has 1 nitrogen and oxygen atoms in total. The highest BCUT2D eigenvalue weighted by Crippen LogP contribution is 2.34. The first kappa shape index (κ1) is 8.35. The number of fused-ring (bicyclic) bond motifs is 1. The first-order valence-electron chi connectivity index (χ1n) is 4.19. The van der Waals surface area contributed by atoms with Crippen LogP contribution in [0.15, 0.2) is 24.3 Å². The highest BCUT2D eigenvalue weighted by molar-refractivity contribution is 14.1. The molecule has 0 N–H and O–H groups in total. The first-order valence-corrected chi connectivity index (χ1v) is 5.72. The Kier molecular flexibility index (Phi) is 2.54. The number of hydrogen-bond donors (Lipinski definition) is 0. The topological polar surface area (TPSA) is 9.23 Å². The minimum Gasteiger partial charge on any atom is -0.493 e. The maximum Gasteiger partial charge on any atom is 0.122 e. The van der Waals surface area contributed by atoms with E-state index in [-0.39, 0.29) is 0 Å². The third-order valence-corrected chi connectivity index (χ3v) is 3.33. The first-order chi connectivity index (χ1) is 5.92. The van der Waals surface area contributed by atoms with Crippen molar-refractivity contribution in [2.75, 3.05) is 11.0 Å². The van der Waals surface area contributed by atoms with E-state index in [1.165, 1.54) is 16.4 Å². The summed E-state index contributed by atoms with van der Waals surface area (Å²) in [7, 11) is 0. The van der Waals surface area contributed by atoms with Crippen LogP contribution in [-0.2, 0) is 0 Å². The van der Waals surface area contributed by atoms with Crippen LogP contribution in [0.25, 0.3) is 0 Å². The van der Waals surface area contributed by atoms with Crippen LogP contribution in [0.3, 0.4) is 0 Å². The van der Waals surface area contributed by atoms with Crippen molar-refractivity contribution in [2.45, 2.75) is 12.3 Å². The molecule has 1 aliphatic heterocycles. The Hall–Kier alpha value is -0.250. The Labute approximate surface area is 86.3 Å². The maximum atomic E-state index is 5.55. The number of rotatable bonds is 1. The van der Waals surface area contributed by atoms with Gasteiger partial charge in [-0.05, 0) is 24.0 Å². The molecular weight excluding hydrogens is 263 g/mol. The zero-order valence-corrected chi connectivity index (χ0v) is 8.95. The molecule has 2 heteroatoms. The van der Waals surface area contributed by atoms with Crippen molar-refractivity contribution in [2.24, 2.45) is 0 Å². The molecule has 0 saturated carbocycles. The molecule has 1 aliphatic rings. The average molecular weight is 274 g/mol. The summed E-state index contributed by atoms with van der Waals surface area (Å²) in [6.45, 7) is 0.880. The summed E-state index contributed by atoms with van der Waals surface area (Å²) in [6, 6.07) is 8.37. The van der Waals surface area contributed by atoms with Crippen LogP contribution in [0, 0.1) is 0 Å². The van der Waals surface area contributed by atoms with Crippen molar-refractivity contribution < 1.29 is 4.74 Å². The summed E-state index contributed by atoms with van der Waals surface area (Å²) in [5.74, 6) is 1.79. The van der Waals surface area contributed by atoms with Crippen LogP contribution in [0.2, 0.25) is 0 Å². The standard InChI is InChI=1S/C10H11IO/c11-7-8-5-6-12-10-4-2-1-3-9(8)10/h1-4,8H,5-7H2/t8-/m1/s1. The predicted molar refractivity (Wildman–Crippen MR) is 58.2 cm³/mol. The van der Waals surface area contributed by atoms with Gasteiger partial charge < -0.3 is 4.74 Å². The largest absolute Gasteiger partial charge is 0.493 e. The van der Waals surface area contributed by atoms with Crippen LogP contribution < -0.4 is 4.74 Å². The molecule has 0 saturated heterocycles. The van der Waals surface area contributed by atoms with Gasteiger partial charge in [-0.3, -0.25) is 0 Å². The lowest BCUT2D eigenvalue weighted by atomic mass is 9.95. The van der Waals surface area contributed by atoms with Crippen LogP contribution >= 0.6 is 22.6 Å². The Bertz CT molecular complexity index is 272. The molecule has 0 spiro atoms. The van der Waals surface area contributed by atoms with E-state index in [2.05, 4.69) is 40.8 Å². The van der Waals surface area contributed by atoms with E-state index in [0.29, 0.717) is 5.92 Å². The fourth-order valence-corrected chi connectivity index (χ4v) is 2.49. The molecule has 0 aliphatic carbocycles. The Balaban J connectivity index is 2.37. The predicted octanol–water partition coefficient (Wildman–Crippen LogP) is 2.99. The molecule has 12 heavy (non-hydrogen) atoms. The summed E-state index contributed by atoms with van der Waals surface area (Å²) in [5, 5.41) is 0. The van der Waals surface area contributed by atoms with E-state index in [1.807, 2.05) is 6.07 Å². The normalized spacial score (nSPS) is 21.2. The lowest BCUT2D eigenvalue weighted by Crippen LogP contribution is -2.14. The smallest absolute Gasteiger partial charge is 0.122 e. The van der Waals surface area contributed by atoms with E-state index in [1.54, 1.807) is 0 Å². The number of hydrogen-bond acceptors (Lipinski definition) is 1. The highest BCUT2D eigenvalue weighted by atomic mass is 127. The molecule has 0 amide bonds. The zero-order valence-electron chi connectivity index (χ0n) is 6.79. The molecule has 0 fully saturated rings. The number of ether oxygens (including phenoxy) is 1. The monoisotopic (exact) mass is 274 g/mol. The van der Waals surface area contributed by atoms with Crippen molar-refractivity contribution >= 4 is 22.6 Å². The SMILES string of the molecule is IC[C@H]1CCOc2ccccc21. The van der Waals surface area contributed by atoms with Gasteiger partial charge in [-0.2, -0.15) is 0 Å². The average Bonchev–Trinajstić information content (AvgIpc) is 2.17. The van der Waals surface area contributed by atoms with E-state index in [4.69, 9.17) is 4.74 Å². The number of benzene rings is 1. The molecular formula is C10H11IO. The lowest BCUT2D eigenvalue weighted by molar-refractivity contribution is 0.274. The third kappa shape index (κ3) is 1.44. The van der Waals surface area contributed by atoms with Crippen LogP contribution in [0.5, 0.6) is 5.75 Å². The van der Waals surface area contributed by atoms with Crippen LogP contribution in [0.1, 0.15) is 17.9 Å². The second-order valence-electron chi connectivity index (χ2n) is 3.03. The second kappa shape index (κ2) is 3.64. The minimum atomic E-state index is 0.704. The van der Waals surface area contributed by atoms with Gasteiger partial charge in [-0.1, -0.05) is 40.8 Å². The molecule has 0 bridgehead atoms. The Morgan fingerprint density at radius 2 is 2.25 bits per heavy atom. The highest BCUT2D eigenvalue weighted by Gasteiger charge is 2.19. The third-order valence-electron chi connectivity index (χ3n) is 2.27. The maximum absolute atomic E-state index is 5.55. The van der Waals surface area contributed by atoms with Gasteiger partial charge in [0.15, 0.2) is 0 Å². The fourth-order valence-electron chi connectivity index (χ4n) is 1.58. The van der Waals surface area contributed by atoms with Gasteiger partial charge in [-0.25, -0.2) is 0 Å². The summed E-state index contributed by atoms with van der Waals surface area (Å²) in [4.78, 5) is 0.